The van der Waals surface area contributed by atoms with Crippen molar-refractivity contribution in [1.29, 1.82) is 0 Å². The Bertz CT molecular complexity index is 458. The molecule has 0 spiro atoms. The molecule has 3 rings (SSSR count). The summed E-state index contributed by atoms with van der Waals surface area (Å²) in [5.41, 5.74) is 0. The molecule has 8 heteroatoms. The molecule has 2 fully saturated rings. The second-order valence-corrected chi connectivity index (χ2v) is 6.43. The molecular weight excluding hydrogens is 241 g/mol. The van der Waals surface area contributed by atoms with Gasteiger partial charge in [0, 0.05) is 38.4 Å². The van der Waals surface area contributed by atoms with Gasteiger partial charge in [0.25, 0.3) is 0 Å². The van der Waals surface area contributed by atoms with Crippen LogP contribution in [0.4, 0.5) is 5.95 Å². The third kappa shape index (κ3) is 2.13. The van der Waals surface area contributed by atoms with Crippen LogP contribution >= 0.6 is 7.59 Å². The van der Waals surface area contributed by atoms with E-state index < -0.39 is 7.59 Å². The van der Waals surface area contributed by atoms with Gasteiger partial charge in [-0.1, -0.05) is 0 Å². The van der Waals surface area contributed by atoms with Crippen LogP contribution in [-0.4, -0.2) is 52.6 Å². The quantitative estimate of drug-likeness (QED) is 0.611. The second kappa shape index (κ2) is 3.94. The normalized spacial score (nSPS) is 20.1. The molecule has 1 aromatic heterocycles. The van der Waals surface area contributed by atoms with E-state index in [1.807, 2.05) is 9.34 Å². The Morgan fingerprint density at radius 3 is 2.53 bits per heavy atom. The molecule has 1 N–H and O–H groups in total. The van der Waals surface area contributed by atoms with Gasteiger partial charge < -0.3 is 4.74 Å². The molecule has 0 atom stereocenters. The standard InChI is InChI=1S/C9H14N5O2P/c1-16-8-2-3-10-9(11-8)12-17(15,13-4-5-13)14-6-7-14/h2-3H,4-7H2,1H3,(H,10,11,12,15). The van der Waals surface area contributed by atoms with E-state index in [1.54, 1.807) is 19.4 Å². The third-order valence-electron chi connectivity index (χ3n) is 2.70. The molecule has 0 saturated carbocycles. The fourth-order valence-corrected chi connectivity index (χ4v) is 3.86. The maximum absolute atomic E-state index is 12.7. The van der Waals surface area contributed by atoms with Crippen LogP contribution in [-0.2, 0) is 4.57 Å². The molecule has 2 aliphatic heterocycles. The van der Waals surface area contributed by atoms with Crippen molar-refractivity contribution in [2.45, 2.75) is 0 Å². The van der Waals surface area contributed by atoms with Crippen molar-refractivity contribution < 1.29 is 9.30 Å². The van der Waals surface area contributed by atoms with Crippen LogP contribution in [0.15, 0.2) is 12.3 Å². The smallest absolute Gasteiger partial charge is 0.311 e. The van der Waals surface area contributed by atoms with E-state index in [9.17, 15) is 4.57 Å². The number of rotatable bonds is 5. The molecule has 2 saturated heterocycles. The zero-order valence-corrected chi connectivity index (χ0v) is 10.4. The van der Waals surface area contributed by atoms with E-state index >= 15 is 0 Å². The van der Waals surface area contributed by atoms with Gasteiger partial charge in [-0.25, -0.2) is 14.3 Å². The number of nitrogens with one attached hydrogen (secondary N) is 1. The summed E-state index contributed by atoms with van der Waals surface area (Å²) in [5, 5.41) is 2.96. The fraction of sp³-hybridized carbons (Fsp3) is 0.556. The number of methoxy groups -OCH3 is 1. The SMILES string of the molecule is COc1ccnc(NP(=O)(N2CC2)N2CC2)n1. The molecule has 0 bridgehead atoms. The highest BCUT2D eigenvalue weighted by atomic mass is 31.2. The van der Waals surface area contributed by atoms with Crippen LogP contribution in [0.5, 0.6) is 5.88 Å². The maximum atomic E-state index is 12.7. The third-order valence-corrected chi connectivity index (χ3v) is 5.52. The number of aromatic nitrogens is 2. The molecule has 1 aromatic rings. The summed E-state index contributed by atoms with van der Waals surface area (Å²) in [6.45, 7) is 3.46. The van der Waals surface area contributed by atoms with Crippen molar-refractivity contribution in [2.24, 2.45) is 0 Å². The predicted molar refractivity (Wildman–Crippen MR) is 63.0 cm³/mol. The van der Waals surface area contributed by atoms with Gasteiger partial charge in [0.05, 0.1) is 7.11 Å². The summed E-state index contributed by atoms with van der Waals surface area (Å²) in [7, 11) is -1.11. The molecule has 92 valence electrons. The van der Waals surface area contributed by atoms with Crippen molar-refractivity contribution in [3.05, 3.63) is 12.3 Å². The van der Waals surface area contributed by atoms with Gasteiger partial charge in [-0.3, -0.25) is 9.65 Å². The first kappa shape index (κ1) is 11.0. The van der Waals surface area contributed by atoms with Crippen LogP contribution < -0.4 is 9.82 Å². The van der Waals surface area contributed by atoms with Crippen LogP contribution in [0.3, 0.4) is 0 Å². The first-order valence-corrected chi connectivity index (χ1v) is 7.10. The van der Waals surface area contributed by atoms with E-state index in [-0.39, 0.29) is 0 Å². The Hall–Kier alpha value is -1.17. The Morgan fingerprint density at radius 2 is 2.00 bits per heavy atom. The summed E-state index contributed by atoms with van der Waals surface area (Å²) < 4.78 is 21.6. The zero-order chi connectivity index (χ0) is 11.9. The molecular formula is C9H14N5O2P. The molecule has 0 radical (unpaired) electrons. The highest BCUT2D eigenvalue weighted by molar-refractivity contribution is 7.61. The predicted octanol–water partition coefficient (Wildman–Crippen LogP) is 0.636. The van der Waals surface area contributed by atoms with Crippen molar-refractivity contribution in [3.8, 4) is 5.88 Å². The van der Waals surface area contributed by atoms with Gasteiger partial charge in [0.15, 0.2) is 0 Å². The van der Waals surface area contributed by atoms with Crippen LogP contribution in [0.2, 0.25) is 0 Å². The summed E-state index contributed by atoms with van der Waals surface area (Å²) in [6, 6.07) is 1.66. The molecule has 17 heavy (non-hydrogen) atoms. The maximum Gasteiger partial charge on any atom is 0.311 e. The van der Waals surface area contributed by atoms with Gasteiger partial charge in [0.1, 0.15) is 0 Å². The monoisotopic (exact) mass is 255 g/mol. The topological polar surface area (TPSA) is 70.1 Å². The lowest BCUT2D eigenvalue weighted by Gasteiger charge is -2.20. The van der Waals surface area contributed by atoms with Gasteiger partial charge in [0.2, 0.25) is 11.8 Å². The lowest BCUT2D eigenvalue weighted by molar-refractivity contribution is 0.397. The average molecular weight is 255 g/mol. The van der Waals surface area contributed by atoms with Crippen molar-refractivity contribution in [2.75, 3.05) is 38.4 Å². The second-order valence-electron chi connectivity index (χ2n) is 3.99. The largest absolute Gasteiger partial charge is 0.481 e. The average Bonchev–Trinajstić information content (AvgIpc) is 3.21. The Labute approximate surface area is 99.3 Å². The highest BCUT2D eigenvalue weighted by Crippen LogP contribution is 2.59. The minimum atomic E-state index is -2.66. The number of ether oxygens (including phenoxy) is 1. The number of anilines is 1. The minimum Gasteiger partial charge on any atom is -0.481 e. The zero-order valence-electron chi connectivity index (χ0n) is 9.54. The fourth-order valence-electron chi connectivity index (χ4n) is 1.59. The van der Waals surface area contributed by atoms with Crippen molar-refractivity contribution in [1.82, 2.24) is 19.3 Å². The number of hydrogen-bond donors (Lipinski definition) is 1. The molecule has 0 amide bonds. The molecule has 0 aliphatic carbocycles. The summed E-state index contributed by atoms with van der Waals surface area (Å²) >= 11 is 0. The van der Waals surface area contributed by atoms with E-state index in [2.05, 4.69) is 15.1 Å². The first-order chi connectivity index (χ1) is 8.22. The molecule has 2 aliphatic rings. The van der Waals surface area contributed by atoms with Gasteiger partial charge in [-0.05, 0) is 0 Å². The van der Waals surface area contributed by atoms with E-state index in [1.165, 1.54) is 0 Å². The Balaban J connectivity index is 1.82. The van der Waals surface area contributed by atoms with Crippen molar-refractivity contribution >= 4 is 13.5 Å². The van der Waals surface area contributed by atoms with Gasteiger partial charge >= 0.3 is 7.59 Å². The lowest BCUT2D eigenvalue weighted by Crippen LogP contribution is -2.14. The van der Waals surface area contributed by atoms with E-state index in [0.29, 0.717) is 11.8 Å². The Morgan fingerprint density at radius 1 is 1.35 bits per heavy atom. The van der Waals surface area contributed by atoms with Gasteiger partial charge in [-0.2, -0.15) is 4.98 Å². The molecule has 3 heterocycles. The summed E-state index contributed by atoms with van der Waals surface area (Å²) in [5.74, 6) is 0.817. The summed E-state index contributed by atoms with van der Waals surface area (Å²) in [4.78, 5) is 8.19. The lowest BCUT2D eigenvalue weighted by atomic mass is 10.6. The van der Waals surface area contributed by atoms with Crippen LogP contribution in [0, 0.1) is 0 Å². The van der Waals surface area contributed by atoms with Crippen LogP contribution in [0.25, 0.3) is 0 Å². The number of hydrogen-bond acceptors (Lipinski definition) is 4. The van der Waals surface area contributed by atoms with E-state index in [4.69, 9.17) is 4.74 Å². The minimum absolute atomic E-state index is 0.353. The van der Waals surface area contributed by atoms with Crippen molar-refractivity contribution in [3.63, 3.8) is 0 Å². The molecule has 7 nitrogen and oxygen atoms in total. The molecule has 0 aromatic carbocycles. The molecule has 0 unspecified atom stereocenters. The summed E-state index contributed by atoms with van der Waals surface area (Å²) in [6.07, 6.45) is 1.59. The number of nitrogens with zero attached hydrogens (tertiary/aromatic N) is 4. The van der Waals surface area contributed by atoms with Crippen LogP contribution in [0.1, 0.15) is 0 Å². The van der Waals surface area contributed by atoms with Gasteiger partial charge in [-0.15, -0.1) is 0 Å². The first-order valence-electron chi connectivity index (χ1n) is 5.48. The van der Waals surface area contributed by atoms with E-state index in [0.717, 1.165) is 26.2 Å². The Kier molecular flexibility index (Phi) is 2.54. The highest BCUT2D eigenvalue weighted by Gasteiger charge is 2.48.